The van der Waals surface area contributed by atoms with E-state index in [0.717, 1.165) is 5.56 Å². The normalized spacial score (nSPS) is 11.5. The molecule has 7 nitrogen and oxygen atoms in total. The van der Waals surface area contributed by atoms with Gasteiger partial charge in [-0.1, -0.05) is 30.3 Å². The molecule has 0 bridgehead atoms. The first-order valence-electron chi connectivity index (χ1n) is 6.04. The van der Waals surface area contributed by atoms with Gasteiger partial charge in [-0.15, -0.1) is 0 Å². The largest absolute Gasteiger partial charge is 0.490 e. The standard InChI is InChI=1S/C11H13NO4.C2HF3O2/c1-8(10(13)14)12-11(15)16-7-9-5-3-2-4-6-9;3-2(4,5)1(6)7/h2-6,8H,7H2,1H3,(H,12,15)(H,13,14);(H,6,7)/t8-;/m0./s1. The van der Waals surface area contributed by atoms with Crippen LogP contribution in [0.1, 0.15) is 12.5 Å². The van der Waals surface area contributed by atoms with Crippen molar-refractivity contribution in [2.45, 2.75) is 25.7 Å². The van der Waals surface area contributed by atoms with E-state index in [1.165, 1.54) is 6.92 Å². The number of alkyl halides is 3. The number of alkyl carbamates (subject to hydrolysis) is 1. The lowest BCUT2D eigenvalue weighted by atomic mass is 10.2. The Morgan fingerprint density at radius 3 is 2.04 bits per heavy atom. The van der Waals surface area contributed by atoms with E-state index in [9.17, 15) is 22.8 Å². The van der Waals surface area contributed by atoms with Crippen molar-refractivity contribution in [3.05, 3.63) is 35.9 Å². The molecule has 1 amide bonds. The molecule has 0 radical (unpaired) electrons. The van der Waals surface area contributed by atoms with Crippen LogP contribution in [0.3, 0.4) is 0 Å². The molecule has 1 rings (SSSR count). The smallest absolute Gasteiger partial charge is 0.480 e. The summed E-state index contributed by atoms with van der Waals surface area (Å²) >= 11 is 0. The Hall–Kier alpha value is -2.78. The molecule has 0 spiro atoms. The van der Waals surface area contributed by atoms with Crippen molar-refractivity contribution in [1.82, 2.24) is 5.32 Å². The summed E-state index contributed by atoms with van der Waals surface area (Å²) in [6, 6.07) is 8.19. The Balaban J connectivity index is 0.000000585. The van der Waals surface area contributed by atoms with Crippen LogP contribution in [0.5, 0.6) is 0 Å². The van der Waals surface area contributed by atoms with E-state index in [1.807, 2.05) is 30.3 Å². The minimum absolute atomic E-state index is 0.124. The van der Waals surface area contributed by atoms with Gasteiger partial charge in [0.05, 0.1) is 0 Å². The molecule has 0 heterocycles. The Kier molecular flexibility index (Phi) is 8.16. The average Bonchev–Trinajstić information content (AvgIpc) is 2.45. The van der Waals surface area contributed by atoms with E-state index >= 15 is 0 Å². The lowest BCUT2D eigenvalue weighted by molar-refractivity contribution is -0.192. The zero-order chi connectivity index (χ0) is 18.0. The Morgan fingerprint density at radius 2 is 1.65 bits per heavy atom. The second-order valence-electron chi connectivity index (χ2n) is 4.07. The van der Waals surface area contributed by atoms with Gasteiger partial charge < -0.3 is 20.3 Å². The number of carboxylic acids is 2. The van der Waals surface area contributed by atoms with E-state index in [0.29, 0.717) is 0 Å². The van der Waals surface area contributed by atoms with Crippen LogP contribution in [0.4, 0.5) is 18.0 Å². The summed E-state index contributed by atoms with van der Waals surface area (Å²) in [6.07, 6.45) is -5.82. The van der Waals surface area contributed by atoms with Crippen LogP contribution in [0.15, 0.2) is 30.3 Å². The third-order valence-electron chi connectivity index (χ3n) is 2.16. The summed E-state index contributed by atoms with van der Waals surface area (Å²) < 4.78 is 36.6. The Morgan fingerprint density at radius 1 is 1.17 bits per heavy atom. The molecule has 0 aliphatic rings. The van der Waals surface area contributed by atoms with Crippen LogP contribution in [-0.2, 0) is 20.9 Å². The van der Waals surface area contributed by atoms with Crippen molar-refractivity contribution in [2.24, 2.45) is 0 Å². The van der Waals surface area contributed by atoms with Crippen molar-refractivity contribution in [2.75, 3.05) is 0 Å². The minimum atomic E-state index is -5.08. The summed E-state index contributed by atoms with van der Waals surface area (Å²) in [6.45, 7) is 1.49. The van der Waals surface area contributed by atoms with Crippen molar-refractivity contribution in [1.29, 1.82) is 0 Å². The molecule has 0 fully saturated rings. The van der Waals surface area contributed by atoms with Crippen molar-refractivity contribution in [3.8, 4) is 0 Å². The average molecular weight is 337 g/mol. The molecule has 0 aromatic heterocycles. The molecule has 0 saturated heterocycles. The topological polar surface area (TPSA) is 113 Å². The molecule has 23 heavy (non-hydrogen) atoms. The summed E-state index contributed by atoms with van der Waals surface area (Å²) in [4.78, 5) is 30.5. The molecule has 0 saturated carbocycles. The van der Waals surface area contributed by atoms with Gasteiger partial charge in [-0.05, 0) is 12.5 Å². The fraction of sp³-hybridized carbons (Fsp3) is 0.308. The Labute approximate surface area is 128 Å². The third kappa shape index (κ3) is 9.72. The maximum Gasteiger partial charge on any atom is 0.490 e. The maximum absolute atomic E-state index is 11.1. The van der Waals surface area contributed by atoms with Gasteiger partial charge in [0.1, 0.15) is 12.6 Å². The number of carboxylic acid groups (broad SMARTS) is 2. The first-order chi connectivity index (χ1) is 10.5. The van der Waals surface area contributed by atoms with Gasteiger partial charge in [0.2, 0.25) is 0 Å². The third-order valence-corrected chi connectivity index (χ3v) is 2.16. The van der Waals surface area contributed by atoms with Crippen LogP contribution >= 0.6 is 0 Å². The van der Waals surface area contributed by atoms with E-state index in [-0.39, 0.29) is 6.61 Å². The number of amides is 1. The SMILES string of the molecule is C[C@H](NC(=O)OCc1ccccc1)C(=O)O.O=C(O)C(F)(F)F. The second-order valence-corrected chi connectivity index (χ2v) is 4.07. The number of aliphatic carboxylic acids is 2. The number of hydrogen-bond acceptors (Lipinski definition) is 4. The molecule has 0 aliphatic heterocycles. The molecular weight excluding hydrogens is 323 g/mol. The van der Waals surface area contributed by atoms with Gasteiger partial charge in [-0.25, -0.2) is 9.59 Å². The highest BCUT2D eigenvalue weighted by Crippen LogP contribution is 2.13. The monoisotopic (exact) mass is 337 g/mol. The summed E-state index contributed by atoms with van der Waals surface area (Å²) in [5.74, 6) is -3.86. The van der Waals surface area contributed by atoms with Crippen molar-refractivity contribution >= 4 is 18.0 Å². The van der Waals surface area contributed by atoms with Crippen molar-refractivity contribution < 1.29 is 42.5 Å². The second kappa shape index (κ2) is 9.28. The van der Waals surface area contributed by atoms with Crippen LogP contribution in [0, 0.1) is 0 Å². The quantitative estimate of drug-likeness (QED) is 0.775. The van der Waals surface area contributed by atoms with Gasteiger partial charge in [0, 0.05) is 0 Å². The predicted octanol–water partition coefficient (Wildman–Crippen LogP) is 2.02. The lowest BCUT2D eigenvalue weighted by Gasteiger charge is -2.09. The van der Waals surface area contributed by atoms with Gasteiger partial charge in [-0.3, -0.25) is 4.79 Å². The summed E-state index contributed by atoms with van der Waals surface area (Å²) in [5, 5.41) is 17.9. The highest BCUT2D eigenvalue weighted by atomic mass is 19.4. The number of hydrogen-bond donors (Lipinski definition) is 3. The number of carbonyl (C=O) groups is 3. The minimum Gasteiger partial charge on any atom is -0.480 e. The molecule has 1 aromatic rings. The van der Waals surface area contributed by atoms with Crippen LogP contribution in [0.2, 0.25) is 0 Å². The number of carbonyl (C=O) groups excluding carboxylic acids is 1. The van der Waals surface area contributed by atoms with E-state index in [2.05, 4.69) is 5.32 Å². The zero-order valence-corrected chi connectivity index (χ0v) is 11.8. The molecule has 1 aromatic carbocycles. The van der Waals surface area contributed by atoms with Crippen molar-refractivity contribution in [3.63, 3.8) is 0 Å². The van der Waals surface area contributed by atoms with Gasteiger partial charge in [0.15, 0.2) is 0 Å². The highest BCUT2D eigenvalue weighted by molar-refractivity contribution is 5.79. The van der Waals surface area contributed by atoms with Gasteiger partial charge in [-0.2, -0.15) is 13.2 Å². The first-order valence-corrected chi connectivity index (χ1v) is 6.04. The van der Waals surface area contributed by atoms with Gasteiger partial charge >= 0.3 is 24.2 Å². The maximum atomic E-state index is 11.1. The molecule has 128 valence electrons. The molecule has 1 atom stereocenters. The predicted molar refractivity (Wildman–Crippen MR) is 70.6 cm³/mol. The number of rotatable bonds is 4. The van der Waals surface area contributed by atoms with E-state index in [1.54, 1.807) is 0 Å². The fourth-order valence-electron chi connectivity index (χ4n) is 1.00. The van der Waals surface area contributed by atoms with E-state index < -0.39 is 30.2 Å². The molecule has 3 N–H and O–H groups in total. The molecule has 0 unspecified atom stereocenters. The molecule has 0 aliphatic carbocycles. The van der Waals surface area contributed by atoms with Crippen LogP contribution in [0.25, 0.3) is 0 Å². The van der Waals surface area contributed by atoms with Crippen LogP contribution < -0.4 is 5.32 Å². The van der Waals surface area contributed by atoms with E-state index in [4.69, 9.17) is 19.7 Å². The molecular formula is C13H14F3NO6. The fourth-order valence-corrected chi connectivity index (χ4v) is 1.00. The Bertz CT molecular complexity index is 532. The molecule has 10 heteroatoms. The van der Waals surface area contributed by atoms with Gasteiger partial charge in [0.25, 0.3) is 0 Å². The zero-order valence-electron chi connectivity index (χ0n) is 11.8. The first kappa shape index (κ1) is 20.2. The summed E-state index contributed by atoms with van der Waals surface area (Å²) in [5.41, 5.74) is 0.848. The van der Waals surface area contributed by atoms with Crippen LogP contribution in [-0.4, -0.2) is 40.5 Å². The number of ether oxygens (including phenoxy) is 1. The lowest BCUT2D eigenvalue weighted by Crippen LogP contribution is -2.38. The summed E-state index contributed by atoms with van der Waals surface area (Å²) in [7, 11) is 0. The highest BCUT2D eigenvalue weighted by Gasteiger charge is 2.38. The number of benzene rings is 1. The number of nitrogens with one attached hydrogen (secondary N) is 1. The number of halogens is 3.